The number of carboxylic acids is 1. The molecule has 0 amide bonds. The minimum Gasteiger partial charge on any atom is -0.481 e. The Morgan fingerprint density at radius 1 is 0.935 bits per heavy atom. The van der Waals surface area contributed by atoms with Gasteiger partial charge in [-0.1, -0.05) is 30.3 Å². The Morgan fingerprint density at radius 3 is 2.06 bits per heavy atom. The topological polar surface area (TPSA) is 133 Å². The summed E-state index contributed by atoms with van der Waals surface area (Å²) in [6.07, 6.45) is 0.553. The summed E-state index contributed by atoms with van der Waals surface area (Å²) in [6.45, 7) is 2.21. The second kappa shape index (κ2) is 13.1. The fraction of sp³-hybridized carbons (Fsp3) is 0.500. The van der Waals surface area contributed by atoms with Gasteiger partial charge in [0.25, 0.3) is 0 Å². The lowest BCUT2D eigenvalue weighted by atomic mass is 9.98. The molecule has 1 unspecified atom stereocenters. The Labute approximate surface area is 180 Å². The number of benzene rings is 1. The number of carbonyl (C=O) groups excluding carboxylic acids is 4. The Balaban J connectivity index is 2.20. The third kappa shape index (κ3) is 11.5. The van der Waals surface area contributed by atoms with Crippen molar-refractivity contribution in [1.82, 2.24) is 0 Å². The molecular formula is C22H28O9. The van der Waals surface area contributed by atoms with Crippen molar-refractivity contribution in [2.24, 2.45) is 0 Å². The first-order valence-corrected chi connectivity index (χ1v) is 9.92. The second-order valence-corrected chi connectivity index (χ2v) is 7.24. The van der Waals surface area contributed by atoms with Crippen LogP contribution in [0.2, 0.25) is 0 Å². The highest BCUT2D eigenvalue weighted by Gasteiger charge is 2.31. The zero-order valence-electron chi connectivity index (χ0n) is 17.8. The van der Waals surface area contributed by atoms with Crippen LogP contribution in [-0.2, 0) is 33.4 Å². The van der Waals surface area contributed by atoms with E-state index in [2.05, 4.69) is 0 Å². The predicted octanol–water partition coefficient (Wildman–Crippen LogP) is 2.70. The van der Waals surface area contributed by atoms with Gasteiger partial charge in [0.15, 0.2) is 12.4 Å². The first kappa shape index (κ1) is 25.8. The van der Waals surface area contributed by atoms with Crippen molar-refractivity contribution in [2.45, 2.75) is 58.0 Å². The summed E-state index contributed by atoms with van der Waals surface area (Å²) in [5.74, 6) is -3.07. The predicted molar refractivity (Wildman–Crippen MR) is 108 cm³/mol. The molecule has 0 bridgehead atoms. The molecule has 170 valence electrons. The van der Waals surface area contributed by atoms with E-state index in [1.807, 2.05) is 0 Å². The summed E-state index contributed by atoms with van der Waals surface area (Å²) >= 11 is 0. The molecule has 1 aromatic rings. The van der Waals surface area contributed by atoms with E-state index < -0.39 is 35.9 Å². The molecule has 9 nitrogen and oxygen atoms in total. The van der Waals surface area contributed by atoms with E-state index in [1.165, 1.54) is 13.8 Å². The van der Waals surface area contributed by atoms with Crippen LogP contribution in [0.25, 0.3) is 0 Å². The van der Waals surface area contributed by atoms with Crippen molar-refractivity contribution in [3.63, 3.8) is 0 Å². The Hall–Kier alpha value is -3.23. The van der Waals surface area contributed by atoms with E-state index >= 15 is 0 Å². The molecule has 0 radical (unpaired) electrons. The number of ether oxygens (including phenoxy) is 3. The van der Waals surface area contributed by atoms with Crippen molar-refractivity contribution in [3.8, 4) is 0 Å². The largest absolute Gasteiger partial charge is 0.481 e. The van der Waals surface area contributed by atoms with Gasteiger partial charge < -0.3 is 19.3 Å². The van der Waals surface area contributed by atoms with Gasteiger partial charge in [-0.05, 0) is 19.8 Å². The summed E-state index contributed by atoms with van der Waals surface area (Å²) in [5, 5.41) is 8.93. The molecular weight excluding hydrogens is 408 g/mol. The fourth-order valence-electron chi connectivity index (χ4n) is 2.76. The number of unbranched alkanes of at least 4 members (excludes halogenated alkanes) is 1. The number of ketones is 1. The standard InChI is InChI=1S/C22H28O9/c1-16(23)31-22(2,14-19(25)26)12-13-29-20(27)10-6-7-11-21(28)30-15-18(24)17-8-4-3-5-9-17/h3-5,8-9H,6-7,10-15H2,1-2H3,(H,25,26). The van der Waals surface area contributed by atoms with Gasteiger partial charge in [-0.2, -0.15) is 0 Å². The maximum atomic E-state index is 11.9. The molecule has 31 heavy (non-hydrogen) atoms. The molecule has 0 aliphatic rings. The molecule has 0 aliphatic carbocycles. The first-order valence-electron chi connectivity index (χ1n) is 9.92. The van der Waals surface area contributed by atoms with Gasteiger partial charge >= 0.3 is 23.9 Å². The highest BCUT2D eigenvalue weighted by atomic mass is 16.6. The van der Waals surface area contributed by atoms with Crippen LogP contribution in [0.15, 0.2) is 30.3 Å². The van der Waals surface area contributed by atoms with Crippen molar-refractivity contribution in [1.29, 1.82) is 0 Å². The first-order chi connectivity index (χ1) is 14.6. The van der Waals surface area contributed by atoms with Crippen molar-refractivity contribution in [2.75, 3.05) is 13.2 Å². The number of carbonyl (C=O) groups is 5. The normalized spacial score (nSPS) is 12.3. The van der Waals surface area contributed by atoms with Gasteiger partial charge in [-0.3, -0.25) is 24.0 Å². The summed E-state index contributed by atoms with van der Waals surface area (Å²) in [4.78, 5) is 57.4. The molecule has 1 aromatic carbocycles. The number of hydrogen-bond acceptors (Lipinski definition) is 8. The van der Waals surface area contributed by atoms with E-state index in [4.69, 9.17) is 19.3 Å². The van der Waals surface area contributed by atoms with Crippen LogP contribution in [0.5, 0.6) is 0 Å². The van der Waals surface area contributed by atoms with Crippen LogP contribution < -0.4 is 0 Å². The maximum Gasteiger partial charge on any atom is 0.307 e. The Morgan fingerprint density at radius 2 is 1.52 bits per heavy atom. The molecule has 0 aliphatic heterocycles. The maximum absolute atomic E-state index is 11.9. The monoisotopic (exact) mass is 436 g/mol. The van der Waals surface area contributed by atoms with Gasteiger partial charge in [0, 0.05) is 31.7 Å². The van der Waals surface area contributed by atoms with Crippen LogP contribution in [0.4, 0.5) is 0 Å². The molecule has 0 spiro atoms. The van der Waals surface area contributed by atoms with E-state index in [1.54, 1.807) is 30.3 Å². The summed E-state index contributed by atoms with van der Waals surface area (Å²) in [6, 6.07) is 8.49. The molecule has 9 heteroatoms. The smallest absolute Gasteiger partial charge is 0.307 e. The molecule has 0 heterocycles. The van der Waals surface area contributed by atoms with E-state index in [0.29, 0.717) is 18.4 Å². The quantitative estimate of drug-likeness (QED) is 0.202. The lowest BCUT2D eigenvalue weighted by Crippen LogP contribution is -2.35. The molecule has 0 saturated carbocycles. The highest BCUT2D eigenvalue weighted by molar-refractivity contribution is 5.97. The average molecular weight is 436 g/mol. The van der Waals surface area contributed by atoms with E-state index in [0.717, 1.165) is 0 Å². The number of hydrogen-bond donors (Lipinski definition) is 1. The number of Topliss-reactive ketones (excluding diaryl/α,β-unsaturated/α-hetero) is 1. The molecule has 0 saturated heterocycles. The van der Waals surface area contributed by atoms with Crippen LogP contribution in [0, 0.1) is 0 Å². The number of aliphatic carboxylic acids is 1. The summed E-state index contributed by atoms with van der Waals surface area (Å²) in [7, 11) is 0. The van der Waals surface area contributed by atoms with Gasteiger partial charge in [0.1, 0.15) is 5.60 Å². The van der Waals surface area contributed by atoms with Gasteiger partial charge in [-0.25, -0.2) is 0 Å². The third-order valence-electron chi connectivity index (χ3n) is 4.28. The van der Waals surface area contributed by atoms with Crippen molar-refractivity contribution < 1.29 is 43.3 Å². The van der Waals surface area contributed by atoms with Gasteiger partial charge in [-0.15, -0.1) is 0 Å². The lowest BCUT2D eigenvalue weighted by Gasteiger charge is -2.27. The van der Waals surface area contributed by atoms with Crippen molar-refractivity contribution >= 4 is 29.7 Å². The Kier molecular flexibility index (Phi) is 10.9. The molecule has 1 N–H and O–H groups in total. The average Bonchev–Trinajstić information content (AvgIpc) is 2.68. The van der Waals surface area contributed by atoms with Crippen LogP contribution in [0.1, 0.15) is 62.7 Å². The van der Waals surface area contributed by atoms with Gasteiger partial charge in [0.2, 0.25) is 0 Å². The third-order valence-corrected chi connectivity index (χ3v) is 4.28. The molecule has 1 atom stereocenters. The van der Waals surface area contributed by atoms with E-state index in [9.17, 15) is 24.0 Å². The second-order valence-electron chi connectivity index (χ2n) is 7.24. The summed E-state index contributed by atoms with van der Waals surface area (Å²) in [5.41, 5.74) is -0.801. The Bertz CT molecular complexity index is 754. The molecule has 0 fully saturated rings. The number of carboxylic acid groups (broad SMARTS) is 1. The minimum atomic E-state index is -1.26. The fourth-order valence-corrected chi connectivity index (χ4v) is 2.76. The van der Waals surface area contributed by atoms with Crippen LogP contribution in [0.3, 0.4) is 0 Å². The molecule has 1 rings (SSSR count). The zero-order chi connectivity index (χ0) is 23.3. The number of rotatable bonds is 14. The summed E-state index contributed by atoms with van der Waals surface area (Å²) < 4.78 is 15.0. The zero-order valence-corrected chi connectivity index (χ0v) is 17.8. The lowest BCUT2D eigenvalue weighted by molar-refractivity contribution is -0.163. The van der Waals surface area contributed by atoms with Crippen molar-refractivity contribution in [3.05, 3.63) is 35.9 Å². The minimum absolute atomic E-state index is 0.0480. The van der Waals surface area contributed by atoms with Crippen LogP contribution in [-0.4, -0.2) is 53.6 Å². The van der Waals surface area contributed by atoms with Gasteiger partial charge in [0.05, 0.1) is 13.0 Å². The van der Waals surface area contributed by atoms with Crippen LogP contribution >= 0.6 is 0 Å². The highest BCUT2D eigenvalue weighted by Crippen LogP contribution is 2.21. The van der Waals surface area contributed by atoms with E-state index in [-0.39, 0.29) is 38.3 Å². The molecule has 0 aromatic heterocycles. The number of esters is 3. The SMILES string of the molecule is CC(=O)OC(C)(CCOC(=O)CCCCC(=O)OCC(=O)c1ccccc1)CC(=O)O.